The van der Waals surface area contributed by atoms with Crippen LogP contribution in [0.5, 0.6) is 5.75 Å². The Morgan fingerprint density at radius 1 is 1.58 bits per heavy atom. The van der Waals surface area contributed by atoms with Crippen LogP contribution in [0.4, 0.5) is 5.69 Å². The van der Waals surface area contributed by atoms with Crippen LogP contribution in [-0.4, -0.2) is 25.6 Å². The third-order valence-corrected chi connectivity index (χ3v) is 3.73. The summed E-state index contributed by atoms with van der Waals surface area (Å²) in [5.74, 6) is 0.760. The van der Waals surface area contributed by atoms with Crippen molar-refractivity contribution in [1.29, 1.82) is 0 Å². The molecule has 0 spiro atoms. The van der Waals surface area contributed by atoms with Crippen molar-refractivity contribution in [3.63, 3.8) is 0 Å². The minimum absolute atomic E-state index is 0. The topological polar surface area (TPSA) is 50.4 Å². The van der Waals surface area contributed by atoms with Gasteiger partial charge in [-0.25, -0.2) is 0 Å². The predicted octanol–water partition coefficient (Wildman–Crippen LogP) is 2.96. The lowest BCUT2D eigenvalue weighted by Gasteiger charge is -2.12. The highest BCUT2D eigenvalue weighted by Crippen LogP contribution is 2.27. The molecule has 0 saturated carbocycles. The maximum atomic E-state index is 11.9. The summed E-state index contributed by atoms with van der Waals surface area (Å²) in [6.07, 6.45) is 2.75. The normalized spacial score (nSPS) is 17.7. The maximum Gasteiger partial charge on any atom is 0.225 e. The lowest BCUT2D eigenvalue weighted by molar-refractivity contribution is -0.116. The molecule has 0 bridgehead atoms. The molecule has 2 N–H and O–H groups in total. The summed E-state index contributed by atoms with van der Waals surface area (Å²) < 4.78 is 6.00. The second kappa shape index (κ2) is 7.72. The van der Waals surface area contributed by atoms with Crippen LogP contribution in [0, 0.1) is 0 Å². The number of ether oxygens (including phenoxy) is 1. The first-order valence-electron chi connectivity index (χ1n) is 6.06. The second-order valence-electron chi connectivity index (χ2n) is 4.39. The van der Waals surface area contributed by atoms with E-state index in [1.165, 1.54) is 0 Å². The molecule has 1 heterocycles. The molecule has 2 rings (SSSR count). The van der Waals surface area contributed by atoms with Gasteiger partial charge in [0.25, 0.3) is 0 Å². The molecule has 106 valence electrons. The molecule has 0 radical (unpaired) electrons. The highest BCUT2D eigenvalue weighted by Gasteiger charge is 2.18. The monoisotopic (exact) mass is 348 g/mol. The molecule has 1 saturated heterocycles. The Labute approximate surface area is 127 Å². The minimum Gasteiger partial charge on any atom is -0.497 e. The van der Waals surface area contributed by atoms with Gasteiger partial charge in [-0.3, -0.25) is 4.79 Å². The molecular weight excluding hydrogens is 332 g/mol. The molecule has 6 heteroatoms. The molecule has 0 aromatic heterocycles. The molecule has 1 amide bonds. The first-order valence-corrected chi connectivity index (χ1v) is 6.85. The molecule has 4 nitrogen and oxygen atoms in total. The zero-order chi connectivity index (χ0) is 13.0. The molecule has 1 aromatic carbocycles. The number of hydrogen-bond donors (Lipinski definition) is 2. The quantitative estimate of drug-likeness (QED) is 0.878. The van der Waals surface area contributed by atoms with Gasteiger partial charge < -0.3 is 15.4 Å². The van der Waals surface area contributed by atoms with E-state index in [1.807, 2.05) is 18.2 Å². The van der Waals surface area contributed by atoms with E-state index in [2.05, 4.69) is 26.6 Å². The first kappa shape index (κ1) is 16.3. The number of methoxy groups -OCH3 is 1. The van der Waals surface area contributed by atoms with Gasteiger partial charge >= 0.3 is 0 Å². The van der Waals surface area contributed by atoms with Crippen LogP contribution >= 0.6 is 28.3 Å². The Bertz CT molecular complexity index is 437. The smallest absolute Gasteiger partial charge is 0.225 e. The summed E-state index contributed by atoms with van der Waals surface area (Å²) in [4.78, 5) is 11.9. The van der Waals surface area contributed by atoms with Crippen molar-refractivity contribution in [3.05, 3.63) is 22.7 Å². The van der Waals surface area contributed by atoms with E-state index in [1.54, 1.807) is 7.11 Å². The Morgan fingerprint density at radius 2 is 2.37 bits per heavy atom. The zero-order valence-corrected chi connectivity index (χ0v) is 13.1. The average Bonchev–Trinajstić information content (AvgIpc) is 2.84. The molecular formula is C13H18BrClN2O2. The number of benzene rings is 1. The molecule has 1 aliphatic heterocycles. The summed E-state index contributed by atoms with van der Waals surface area (Å²) in [6.45, 7) is 1.01. The van der Waals surface area contributed by atoms with Crippen molar-refractivity contribution >= 4 is 39.9 Å². The fraction of sp³-hybridized carbons (Fsp3) is 0.462. The van der Waals surface area contributed by atoms with Crippen LogP contribution in [0.25, 0.3) is 0 Å². The number of halogens is 2. The molecule has 1 aliphatic rings. The molecule has 19 heavy (non-hydrogen) atoms. The Hall–Kier alpha value is -0.780. The van der Waals surface area contributed by atoms with E-state index in [0.717, 1.165) is 35.3 Å². The van der Waals surface area contributed by atoms with E-state index < -0.39 is 0 Å². The van der Waals surface area contributed by atoms with Crippen LogP contribution in [-0.2, 0) is 4.79 Å². The Morgan fingerprint density at radius 3 is 3.00 bits per heavy atom. The maximum absolute atomic E-state index is 11.9. The number of rotatable bonds is 4. The summed E-state index contributed by atoms with van der Waals surface area (Å²) in [7, 11) is 1.61. The number of hydrogen-bond acceptors (Lipinski definition) is 3. The number of nitrogens with one attached hydrogen (secondary N) is 2. The van der Waals surface area contributed by atoms with Crippen molar-refractivity contribution in [3.8, 4) is 5.75 Å². The molecule has 1 unspecified atom stereocenters. The molecule has 0 aliphatic carbocycles. The first-order chi connectivity index (χ1) is 8.69. The van der Waals surface area contributed by atoms with Crippen molar-refractivity contribution in [2.24, 2.45) is 0 Å². The molecule has 1 fully saturated rings. The summed E-state index contributed by atoms with van der Waals surface area (Å²) in [5.41, 5.74) is 0.748. The van der Waals surface area contributed by atoms with Gasteiger partial charge in [0, 0.05) is 23.0 Å². The predicted molar refractivity (Wildman–Crippen MR) is 82.2 cm³/mol. The standard InChI is InChI=1S/C13H17BrN2O2.ClH/c1-18-10-4-5-11(14)12(8-10)16-13(17)7-9-3-2-6-15-9;/h4-5,8-9,15H,2-3,6-7H2,1H3,(H,16,17);1H. The fourth-order valence-electron chi connectivity index (χ4n) is 2.08. The van der Waals surface area contributed by atoms with Crippen molar-refractivity contribution < 1.29 is 9.53 Å². The van der Waals surface area contributed by atoms with E-state index in [4.69, 9.17) is 4.74 Å². The number of anilines is 1. The third kappa shape index (κ3) is 4.67. The van der Waals surface area contributed by atoms with Gasteiger partial charge in [0.1, 0.15) is 5.75 Å². The second-order valence-corrected chi connectivity index (χ2v) is 5.25. The zero-order valence-electron chi connectivity index (χ0n) is 10.7. The average molecular weight is 350 g/mol. The van der Waals surface area contributed by atoms with Gasteiger partial charge in [0.2, 0.25) is 5.91 Å². The van der Waals surface area contributed by atoms with E-state index in [-0.39, 0.29) is 18.3 Å². The number of carbonyl (C=O) groups is 1. The van der Waals surface area contributed by atoms with Crippen molar-refractivity contribution in [2.75, 3.05) is 19.0 Å². The SMILES string of the molecule is COc1ccc(Br)c(NC(=O)CC2CCCN2)c1.Cl. The van der Waals surface area contributed by atoms with Gasteiger partial charge in [0.05, 0.1) is 12.8 Å². The fourth-order valence-corrected chi connectivity index (χ4v) is 2.43. The van der Waals surface area contributed by atoms with Crippen LogP contribution in [0.1, 0.15) is 19.3 Å². The summed E-state index contributed by atoms with van der Waals surface area (Å²) in [5, 5.41) is 6.22. The Kier molecular flexibility index (Phi) is 6.62. The van der Waals surface area contributed by atoms with Gasteiger partial charge in [0.15, 0.2) is 0 Å². The van der Waals surface area contributed by atoms with Crippen LogP contribution < -0.4 is 15.4 Å². The number of carbonyl (C=O) groups excluding carboxylic acids is 1. The van der Waals surface area contributed by atoms with Crippen molar-refractivity contribution in [2.45, 2.75) is 25.3 Å². The third-order valence-electron chi connectivity index (χ3n) is 3.04. The highest BCUT2D eigenvalue weighted by atomic mass is 79.9. The van der Waals surface area contributed by atoms with Gasteiger partial charge in [-0.15, -0.1) is 12.4 Å². The summed E-state index contributed by atoms with van der Waals surface area (Å²) >= 11 is 3.41. The van der Waals surface area contributed by atoms with Gasteiger partial charge in [-0.1, -0.05) is 0 Å². The lowest BCUT2D eigenvalue weighted by Crippen LogP contribution is -2.27. The van der Waals surface area contributed by atoms with E-state index >= 15 is 0 Å². The van der Waals surface area contributed by atoms with Crippen LogP contribution in [0.3, 0.4) is 0 Å². The lowest BCUT2D eigenvalue weighted by atomic mass is 10.1. The van der Waals surface area contributed by atoms with Crippen molar-refractivity contribution in [1.82, 2.24) is 5.32 Å². The summed E-state index contributed by atoms with van der Waals surface area (Å²) in [6, 6.07) is 5.83. The number of amides is 1. The van der Waals surface area contributed by atoms with E-state index in [0.29, 0.717) is 12.5 Å². The van der Waals surface area contributed by atoms with Crippen LogP contribution in [0.15, 0.2) is 22.7 Å². The minimum atomic E-state index is 0. The largest absolute Gasteiger partial charge is 0.497 e. The Balaban J connectivity index is 0.00000180. The van der Waals surface area contributed by atoms with Gasteiger partial charge in [-0.05, 0) is 47.4 Å². The van der Waals surface area contributed by atoms with Crippen LogP contribution in [0.2, 0.25) is 0 Å². The molecule has 1 atom stereocenters. The van der Waals surface area contributed by atoms with E-state index in [9.17, 15) is 4.79 Å². The highest BCUT2D eigenvalue weighted by molar-refractivity contribution is 9.10. The van der Waals surface area contributed by atoms with Gasteiger partial charge in [-0.2, -0.15) is 0 Å². The molecule has 1 aromatic rings.